The van der Waals surface area contributed by atoms with Crippen molar-refractivity contribution in [3.8, 4) is 0 Å². The lowest BCUT2D eigenvalue weighted by Gasteiger charge is -2.42. The summed E-state index contributed by atoms with van der Waals surface area (Å²) in [6.07, 6.45) is -0.447. The first kappa shape index (κ1) is 20.1. The molecule has 0 aliphatic carbocycles. The fourth-order valence-corrected chi connectivity index (χ4v) is 6.93. The highest BCUT2D eigenvalue weighted by atomic mass is 32.2. The van der Waals surface area contributed by atoms with Gasteiger partial charge in [0.05, 0.1) is 18.5 Å². The predicted molar refractivity (Wildman–Crippen MR) is 92.1 cm³/mol. The smallest absolute Gasteiger partial charge is 0.219 e. The molecular formula is C14H29N3O5S2. The molecule has 0 aromatic rings. The Bertz CT molecular complexity index is 667. The van der Waals surface area contributed by atoms with Crippen LogP contribution in [0.1, 0.15) is 41.0 Å². The van der Waals surface area contributed by atoms with E-state index in [1.54, 1.807) is 0 Å². The van der Waals surface area contributed by atoms with E-state index in [0.717, 1.165) is 0 Å². The number of nitrogens with one attached hydrogen (secondary N) is 3. The first-order valence-corrected chi connectivity index (χ1v) is 11.2. The van der Waals surface area contributed by atoms with E-state index in [0.29, 0.717) is 6.54 Å². The van der Waals surface area contributed by atoms with Crippen molar-refractivity contribution in [2.24, 2.45) is 10.8 Å². The van der Waals surface area contributed by atoms with Gasteiger partial charge in [-0.3, -0.25) is 0 Å². The molecule has 0 amide bonds. The molecule has 10 heteroatoms. The second-order valence-corrected chi connectivity index (χ2v) is 12.2. The summed E-state index contributed by atoms with van der Waals surface area (Å²) in [6.45, 7) is 9.85. The summed E-state index contributed by atoms with van der Waals surface area (Å²) in [6, 6.07) is 0. The van der Waals surface area contributed by atoms with Crippen LogP contribution >= 0.6 is 0 Å². The van der Waals surface area contributed by atoms with Crippen LogP contribution in [-0.2, 0) is 24.8 Å². The second-order valence-electron chi connectivity index (χ2n) is 8.34. The lowest BCUT2D eigenvalue weighted by atomic mass is 9.84. The minimum atomic E-state index is -3.52. The highest BCUT2D eigenvalue weighted by Crippen LogP contribution is 2.35. The highest BCUT2D eigenvalue weighted by molar-refractivity contribution is 7.90. The van der Waals surface area contributed by atoms with Crippen molar-refractivity contribution in [2.75, 3.05) is 19.8 Å². The summed E-state index contributed by atoms with van der Waals surface area (Å²) in [5.74, 6) is 0. The molecule has 2 aliphatic rings. The maximum absolute atomic E-state index is 12.5. The van der Waals surface area contributed by atoms with Crippen LogP contribution in [0.15, 0.2) is 0 Å². The molecule has 2 saturated heterocycles. The zero-order valence-electron chi connectivity index (χ0n) is 14.9. The monoisotopic (exact) mass is 383 g/mol. The van der Waals surface area contributed by atoms with E-state index >= 15 is 0 Å². The maximum atomic E-state index is 12.5. The van der Waals surface area contributed by atoms with E-state index in [1.807, 2.05) is 34.6 Å². The molecule has 0 saturated carbocycles. The molecule has 2 rings (SSSR count). The van der Waals surface area contributed by atoms with Crippen LogP contribution in [0.5, 0.6) is 0 Å². The number of sulfonamides is 2. The van der Waals surface area contributed by atoms with E-state index in [-0.39, 0.29) is 19.7 Å². The van der Waals surface area contributed by atoms with Gasteiger partial charge in [0.15, 0.2) is 0 Å². The summed E-state index contributed by atoms with van der Waals surface area (Å²) in [5.41, 5.74) is -1.10. The molecule has 3 atom stereocenters. The Morgan fingerprint density at radius 1 is 1.00 bits per heavy atom. The standard InChI is InChI=1S/C14H29N3O5S2/c1-13(2,3)11-8-22-12(17-24(11,20)21)6-14(4,5)10-7-15-9-16-23(10,18)19/h10-12,15-17H,6-9H2,1-5H3. The Balaban J connectivity index is 2.12. The van der Waals surface area contributed by atoms with Gasteiger partial charge in [-0.15, -0.1) is 0 Å². The fraction of sp³-hybridized carbons (Fsp3) is 1.00. The average molecular weight is 384 g/mol. The van der Waals surface area contributed by atoms with E-state index in [9.17, 15) is 16.8 Å². The molecule has 0 bridgehead atoms. The van der Waals surface area contributed by atoms with Crippen molar-refractivity contribution < 1.29 is 21.6 Å². The third-order valence-corrected chi connectivity index (χ3v) is 9.06. The summed E-state index contributed by atoms with van der Waals surface area (Å²) in [4.78, 5) is 0. The van der Waals surface area contributed by atoms with Crippen molar-refractivity contribution >= 4 is 20.0 Å². The Morgan fingerprint density at radius 3 is 2.12 bits per heavy atom. The molecule has 142 valence electrons. The number of hydrogen-bond donors (Lipinski definition) is 3. The van der Waals surface area contributed by atoms with Gasteiger partial charge in [0.1, 0.15) is 11.5 Å². The van der Waals surface area contributed by atoms with Crippen molar-refractivity contribution in [3.63, 3.8) is 0 Å². The Kier molecular flexibility index (Phi) is 5.41. The van der Waals surface area contributed by atoms with Gasteiger partial charge in [0.25, 0.3) is 0 Å². The molecule has 3 unspecified atom stereocenters. The SMILES string of the molecule is CC(C)(C)C1COC(CC(C)(C)C2CNCNS2(=O)=O)NS1(=O)=O. The summed E-state index contributed by atoms with van der Waals surface area (Å²) >= 11 is 0. The zero-order valence-corrected chi connectivity index (χ0v) is 16.6. The van der Waals surface area contributed by atoms with Gasteiger partial charge in [-0.25, -0.2) is 21.6 Å². The van der Waals surface area contributed by atoms with Crippen LogP contribution < -0.4 is 14.8 Å². The predicted octanol–water partition coefficient (Wildman–Crippen LogP) is -0.0582. The number of rotatable bonds is 3. The molecule has 2 fully saturated rings. The van der Waals surface area contributed by atoms with E-state index in [4.69, 9.17) is 4.74 Å². The lowest BCUT2D eigenvalue weighted by Crippen LogP contribution is -2.59. The van der Waals surface area contributed by atoms with Gasteiger partial charge < -0.3 is 10.1 Å². The van der Waals surface area contributed by atoms with Gasteiger partial charge >= 0.3 is 0 Å². The molecule has 3 N–H and O–H groups in total. The molecule has 0 radical (unpaired) electrons. The molecule has 0 aromatic heterocycles. The minimum Gasteiger partial charge on any atom is -0.361 e. The van der Waals surface area contributed by atoms with Crippen molar-refractivity contribution in [2.45, 2.75) is 57.8 Å². The van der Waals surface area contributed by atoms with Crippen LogP contribution in [0.25, 0.3) is 0 Å². The van der Waals surface area contributed by atoms with Gasteiger partial charge in [-0.1, -0.05) is 34.6 Å². The first-order chi connectivity index (χ1) is 10.8. The second kappa shape index (κ2) is 6.48. The number of hydrogen-bond acceptors (Lipinski definition) is 6. The maximum Gasteiger partial charge on any atom is 0.219 e. The molecule has 8 nitrogen and oxygen atoms in total. The quantitative estimate of drug-likeness (QED) is 0.629. The highest BCUT2D eigenvalue weighted by Gasteiger charge is 2.46. The molecule has 2 heterocycles. The molecule has 2 aliphatic heterocycles. The Hall–Kier alpha value is -0.260. The largest absolute Gasteiger partial charge is 0.361 e. The third-order valence-electron chi connectivity index (χ3n) is 4.77. The molecule has 0 spiro atoms. The summed E-state index contributed by atoms with van der Waals surface area (Å²) in [7, 11) is -6.96. The minimum absolute atomic E-state index is 0.105. The summed E-state index contributed by atoms with van der Waals surface area (Å²) < 4.78 is 60.3. The molecule has 0 aromatic carbocycles. The lowest BCUT2D eigenvalue weighted by molar-refractivity contribution is -0.00714. The van der Waals surface area contributed by atoms with Crippen molar-refractivity contribution in [1.82, 2.24) is 14.8 Å². The van der Waals surface area contributed by atoms with E-state index in [2.05, 4.69) is 14.8 Å². The van der Waals surface area contributed by atoms with Crippen LogP contribution in [0.2, 0.25) is 0 Å². The third kappa shape index (κ3) is 4.28. The Labute approximate surface area is 145 Å². The normalized spacial score (nSPS) is 34.0. The van der Waals surface area contributed by atoms with Crippen LogP contribution in [0.4, 0.5) is 0 Å². The van der Waals surface area contributed by atoms with Gasteiger partial charge in [0.2, 0.25) is 20.0 Å². The molecular weight excluding hydrogens is 354 g/mol. The van der Waals surface area contributed by atoms with Crippen molar-refractivity contribution in [3.05, 3.63) is 0 Å². The zero-order chi connectivity index (χ0) is 18.4. The molecule has 24 heavy (non-hydrogen) atoms. The average Bonchev–Trinajstić information content (AvgIpc) is 2.34. The van der Waals surface area contributed by atoms with Gasteiger partial charge in [-0.05, 0) is 17.3 Å². The van der Waals surface area contributed by atoms with Crippen LogP contribution in [0, 0.1) is 10.8 Å². The van der Waals surface area contributed by atoms with Crippen LogP contribution in [-0.4, -0.2) is 53.4 Å². The van der Waals surface area contributed by atoms with E-state index < -0.39 is 47.6 Å². The van der Waals surface area contributed by atoms with E-state index in [1.165, 1.54) is 0 Å². The van der Waals surface area contributed by atoms with Crippen molar-refractivity contribution in [1.29, 1.82) is 0 Å². The first-order valence-electron chi connectivity index (χ1n) is 8.08. The fourth-order valence-electron chi connectivity index (χ4n) is 3.28. The topological polar surface area (TPSA) is 114 Å². The number of ether oxygens (including phenoxy) is 1. The summed E-state index contributed by atoms with van der Waals surface area (Å²) in [5, 5.41) is 1.71. The Morgan fingerprint density at radius 2 is 1.62 bits per heavy atom. The van der Waals surface area contributed by atoms with Crippen LogP contribution in [0.3, 0.4) is 0 Å². The van der Waals surface area contributed by atoms with Gasteiger partial charge in [0, 0.05) is 6.54 Å². The van der Waals surface area contributed by atoms with Gasteiger partial charge in [-0.2, -0.15) is 4.72 Å².